The maximum Gasteiger partial charge on any atom is 2.00 e. The molecule has 0 aromatic rings. The van der Waals surface area contributed by atoms with Crippen LogP contribution >= 0.6 is 24.4 Å². The Morgan fingerprint density at radius 2 is 0.905 bits per heavy atom. The van der Waals surface area contributed by atoms with Gasteiger partial charge in [0, 0.05) is 26.2 Å². The molecular formula is C14H20CoN2S4. The third kappa shape index (κ3) is 15.9. The number of hydrogen-bond donors (Lipinski definition) is 0. The van der Waals surface area contributed by atoms with Gasteiger partial charge in [0.2, 0.25) is 0 Å². The maximum absolute atomic E-state index is 4.79. The summed E-state index contributed by atoms with van der Waals surface area (Å²) >= 11 is 19.2. The monoisotopic (exact) mass is 403 g/mol. The van der Waals surface area contributed by atoms with E-state index < -0.39 is 0 Å². The zero-order valence-corrected chi connectivity index (χ0v) is 16.1. The fraction of sp³-hybridized carbons (Fsp3) is 0.286. The first kappa shape index (κ1) is 25.6. The molecule has 0 fully saturated rings. The Morgan fingerprint density at radius 3 is 1.00 bits per heavy atom. The van der Waals surface area contributed by atoms with E-state index in [0.717, 1.165) is 0 Å². The summed E-state index contributed by atoms with van der Waals surface area (Å²) < 4.78 is 0.944. The third-order valence-corrected chi connectivity index (χ3v) is 2.95. The first-order valence-electron chi connectivity index (χ1n) is 5.79. The molecule has 0 saturated carbocycles. The van der Waals surface area contributed by atoms with Crippen molar-refractivity contribution in [1.82, 2.24) is 9.80 Å². The Hall–Kier alpha value is -0.314. The molecule has 0 atom stereocenters. The van der Waals surface area contributed by atoms with E-state index >= 15 is 0 Å². The van der Waals surface area contributed by atoms with Gasteiger partial charge in [0.15, 0.2) is 0 Å². The summed E-state index contributed by atoms with van der Waals surface area (Å²) in [4.78, 5) is 3.68. The van der Waals surface area contributed by atoms with Crippen LogP contribution in [0.2, 0.25) is 0 Å². The van der Waals surface area contributed by atoms with Crippen LogP contribution in [-0.4, -0.2) is 44.6 Å². The molecule has 0 aliphatic heterocycles. The van der Waals surface area contributed by atoms with Crippen molar-refractivity contribution < 1.29 is 16.8 Å². The predicted octanol–water partition coefficient (Wildman–Crippen LogP) is 2.98. The molecule has 1 radical (unpaired) electrons. The van der Waals surface area contributed by atoms with Crippen molar-refractivity contribution in [2.45, 2.75) is 0 Å². The Labute approximate surface area is 161 Å². The second-order valence-corrected chi connectivity index (χ2v) is 5.56. The molecule has 0 aromatic carbocycles. The van der Waals surface area contributed by atoms with Crippen molar-refractivity contribution in [1.29, 1.82) is 0 Å². The smallest absolute Gasteiger partial charge is 0.411 e. The van der Waals surface area contributed by atoms with E-state index in [1.165, 1.54) is 0 Å². The van der Waals surface area contributed by atoms with Crippen molar-refractivity contribution in [2.24, 2.45) is 0 Å². The summed E-state index contributed by atoms with van der Waals surface area (Å²) in [5, 5.41) is 0. The van der Waals surface area contributed by atoms with Crippen LogP contribution in [0.4, 0.5) is 0 Å². The molecule has 0 saturated heterocycles. The second-order valence-electron chi connectivity index (χ2n) is 3.50. The van der Waals surface area contributed by atoms with Crippen LogP contribution in [0.5, 0.6) is 0 Å². The molecule has 0 aromatic heterocycles. The van der Waals surface area contributed by atoms with Crippen LogP contribution in [-0.2, 0) is 42.0 Å². The Bertz CT molecular complexity index is 305. The van der Waals surface area contributed by atoms with Crippen molar-refractivity contribution in [2.75, 3.05) is 26.2 Å². The molecule has 119 valence electrons. The summed E-state index contributed by atoms with van der Waals surface area (Å²) in [7, 11) is 0. The number of rotatable bonds is 8. The number of nitrogens with zero attached hydrogens (tertiary/aromatic N) is 2. The first-order valence-corrected chi connectivity index (χ1v) is 7.43. The van der Waals surface area contributed by atoms with Gasteiger partial charge in [-0.15, -0.1) is 26.3 Å². The minimum absolute atomic E-state index is 0. The van der Waals surface area contributed by atoms with E-state index in [9.17, 15) is 0 Å². The van der Waals surface area contributed by atoms with E-state index in [4.69, 9.17) is 49.7 Å². The minimum Gasteiger partial charge on any atom is -0.411 e. The second kappa shape index (κ2) is 17.7. The topological polar surface area (TPSA) is 6.48 Å². The van der Waals surface area contributed by atoms with Crippen LogP contribution in [0.1, 0.15) is 0 Å². The minimum atomic E-state index is 0. The molecule has 0 spiro atoms. The summed E-state index contributed by atoms with van der Waals surface area (Å²) in [6, 6.07) is 0. The average Bonchev–Trinajstić information content (AvgIpc) is 2.38. The van der Waals surface area contributed by atoms with E-state index in [1.54, 1.807) is 24.3 Å². The van der Waals surface area contributed by atoms with Crippen LogP contribution in [0.15, 0.2) is 50.6 Å². The third-order valence-electron chi connectivity index (χ3n) is 1.91. The van der Waals surface area contributed by atoms with Gasteiger partial charge in [0.1, 0.15) is 0 Å². The normalized spacial score (nSPS) is 8.00. The predicted molar refractivity (Wildman–Crippen MR) is 104 cm³/mol. The first-order chi connectivity index (χ1) is 9.44. The molecular weight excluding hydrogens is 383 g/mol. The van der Waals surface area contributed by atoms with Gasteiger partial charge in [-0.25, -0.2) is 0 Å². The zero-order chi connectivity index (χ0) is 16.0. The quantitative estimate of drug-likeness (QED) is 0.347. The molecule has 0 aliphatic rings. The van der Waals surface area contributed by atoms with Gasteiger partial charge in [0.05, 0.1) is 0 Å². The summed E-state index contributed by atoms with van der Waals surface area (Å²) in [5.74, 6) is 0. The van der Waals surface area contributed by atoms with Crippen LogP contribution in [0.3, 0.4) is 0 Å². The molecule has 0 heterocycles. The fourth-order valence-corrected chi connectivity index (χ4v) is 1.67. The van der Waals surface area contributed by atoms with Crippen molar-refractivity contribution in [3.8, 4) is 0 Å². The molecule has 0 amide bonds. The van der Waals surface area contributed by atoms with Gasteiger partial charge in [-0.1, -0.05) is 32.9 Å². The van der Waals surface area contributed by atoms with E-state index in [0.29, 0.717) is 34.8 Å². The Balaban J connectivity index is -0.000000295. The summed E-state index contributed by atoms with van der Waals surface area (Å²) in [5.41, 5.74) is 0. The molecule has 0 aliphatic carbocycles. The van der Waals surface area contributed by atoms with E-state index in [-0.39, 0.29) is 16.8 Å². The van der Waals surface area contributed by atoms with Gasteiger partial charge in [0.25, 0.3) is 0 Å². The van der Waals surface area contributed by atoms with E-state index in [1.807, 2.05) is 9.80 Å². The van der Waals surface area contributed by atoms with Gasteiger partial charge in [-0.2, -0.15) is 0 Å². The molecule has 0 bridgehead atoms. The van der Waals surface area contributed by atoms with Crippen LogP contribution in [0, 0.1) is 0 Å². The largest absolute Gasteiger partial charge is 2.00 e. The Kier molecular flexibility index (Phi) is 21.6. The maximum atomic E-state index is 4.79. The number of thiocarbonyl (C=S) groups is 2. The van der Waals surface area contributed by atoms with Gasteiger partial charge < -0.3 is 59.5 Å². The van der Waals surface area contributed by atoms with Crippen molar-refractivity contribution in [3.63, 3.8) is 0 Å². The summed E-state index contributed by atoms with van der Waals surface area (Å²) in [6.45, 7) is 17.1. The van der Waals surface area contributed by atoms with Crippen molar-refractivity contribution >= 4 is 58.3 Å². The molecule has 7 heteroatoms. The average molecular weight is 404 g/mol. The summed E-state index contributed by atoms with van der Waals surface area (Å²) in [6.07, 6.45) is 7.06. The molecule has 0 unspecified atom stereocenters. The SMILES string of the molecule is C=CCN(CC=C)C(=S)[S-].C=CCN(CC=C)C(=S)[S-].[Co+2]. The Morgan fingerprint density at radius 1 is 0.714 bits per heavy atom. The van der Waals surface area contributed by atoms with E-state index in [2.05, 4.69) is 26.3 Å². The standard InChI is InChI=1S/2C7H11NS2.Co/c2*1-3-5-8(6-4-2)7(9)10;/h2*3-4H,1-2,5-6H2,(H,9,10);/q;;+2/p-2. The zero-order valence-electron chi connectivity index (χ0n) is 11.8. The fourth-order valence-electron chi connectivity index (χ4n) is 1.07. The van der Waals surface area contributed by atoms with Crippen LogP contribution < -0.4 is 0 Å². The van der Waals surface area contributed by atoms with Gasteiger partial charge in [-0.05, 0) is 0 Å². The van der Waals surface area contributed by atoms with Gasteiger partial charge in [-0.3, -0.25) is 0 Å². The molecule has 0 rings (SSSR count). The molecule has 2 nitrogen and oxygen atoms in total. The van der Waals surface area contributed by atoms with Crippen molar-refractivity contribution in [3.05, 3.63) is 50.6 Å². The van der Waals surface area contributed by atoms with Gasteiger partial charge >= 0.3 is 16.8 Å². The van der Waals surface area contributed by atoms with Crippen LogP contribution in [0.25, 0.3) is 0 Å². The molecule has 0 N–H and O–H groups in total. The number of hydrogen-bond acceptors (Lipinski definition) is 4. The molecule has 21 heavy (non-hydrogen) atoms.